The number of carbonyl (C=O) groups excluding carboxylic acids is 1. The molecule has 3 rings (SSSR count). The molecular formula is C18H24N4OS. The summed E-state index contributed by atoms with van der Waals surface area (Å²) in [5.41, 5.74) is 2.81. The number of hydrogen-bond donors (Lipinski definition) is 1. The molecule has 0 atom stereocenters. The van der Waals surface area contributed by atoms with Gasteiger partial charge in [-0.2, -0.15) is 0 Å². The molecule has 1 saturated heterocycles. The topological polar surface area (TPSA) is 58.1 Å². The van der Waals surface area contributed by atoms with E-state index in [1.807, 2.05) is 25.1 Å². The lowest BCUT2D eigenvalue weighted by Crippen LogP contribution is -2.25. The number of carbonyl (C=O) groups is 1. The normalized spacial score (nSPS) is 15.9. The molecule has 1 aromatic carbocycles. The van der Waals surface area contributed by atoms with Crippen LogP contribution in [0.25, 0.3) is 0 Å². The number of likely N-dealkylation sites (tertiary alicyclic amines) is 1. The molecule has 2 heterocycles. The van der Waals surface area contributed by atoms with Crippen LogP contribution in [0.15, 0.2) is 24.3 Å². The van der Waals surface area contributed by atoms with Gasteiger partial charge >= 0.3 is 0 Å². The van der Waals surface area contributed by atoms with E-state index in [-0.39, 0.29) is 5.91 Å². The first-order valence-electron chi connectivity index (χ1n) is 8.60. The third kappa shape index (κ3) is 4.61. The van der Waals surface area contributed by atoms with Gasteiger partial charge in [-0.05, 0) is 62.1 Å². The monoisotopic (exact) mass is 344 g/mol. The second-order valence-corrected chi connectivity index (χ2v) is 7.19. The Balaban J connectivity index is 1.59. The molecular weight excluding hydrogens is 320 g/mol. The van der Waals surface area contributed by atoms with Gasteiger partial charge in [0.25, 0.3) is 5.91 Å². The van der Waals surface area contributed by atoms with Gasteiger partial charge < -0.3 is 5.32 Å². The number of aromatic nitrogens is 2. The highest BCUT2D eigenvalue weighted by atomic mass is 32.1. The summed E-state index contributed by atoms with van der Waals surface area (Å²) in [5.74, 6) is -0.0412. The first-order chi connectivity index (χ1) is 11.7. The van der Waals surface area contributed by atoms with Crippen LogP contribution < -0.4 is 5.32 Å². The van der Waals surface area contributed by atoms with E-state index in [1.165, 1.54) is 42.8 Å². The fourth-order valence-electron chi connectivity index (χ4n) is 3.04. The highest BCUT2D eigenvalue weighted by Crippen LogP contribution is 2.15. The molecule has 1 aliphatic rings. The Labute approximate surface area is 147 Å². The van der Waals surface area contributed by atoms with Crippen LogP contribution in [0, 0.1) is 6.92 Å². The minimum Gasteiger partial charge on any atom is -0.347 e. The summed E-state index contributed by atoms with van der Waals surface area (Å²) >= 11 is 1.33. The van der Waals surface area contributed by atoms with Crippen LogP contribution in [0.4, 0.5) is 0 Å². The van der Waals surface area contributed by atoms with E-state index in [0.29, 0.717) is 6.54 Å². The van der Waals surface area contributed by atoms with Crippen LogP contribution in [-0.4, -0.2) is 33.5 Å². The largest absolute Gasteiger partial charge is 0.347 e. The lowest BCUT2D eigenvalue weighted by atomic mass is 10.1. The maximum atomic E-state index is 12.4. The minimum atomic E-state index is -0.0412. The molecule has 5 nitrogen and oxygen atoms in total. The van der Waals surface area contributed by atoms with Crippen molar-refractivity contribution in [3.05, 3.63) is 46.0 Å². The maximum Gasteiger partial charge on any atom is 0.251 e. The highest BCUT2D eigenvalue weighted by molar-refractivity contribution is 7.05. The summed E-state index contributed by atoms with van der Waals surface area (Å²) in [7, 11) is 0. The van der Waals surface area contributed by atoms with E-state index in [0.717, 1.165) is 35.8 Å². The summed E-state index contributed by atoms with van der Waals surface area (Å²) in [6, 6.07) is 7.97. The third-order valence-electron chi connectivity index (χ3n) is 4.45. The highest BCUT2D eigenvalue weighted by Gasteiger charge is 2.12. The van der Waals surface area contributed by atoms with E-state index in [9.17, 15) is 4.79 Å². The predicted molar refractivity (Wildman–Crippen MR) is 96.0 cm³/mol. The predicted octanol–water partition coefficient (Wildman–Crippen LogP) is 3.15. The number of amides is 1. The fourth-order valence-corrected chi connectivity index (χ4v) is 3.61. The fraction of sp³-hybridized carbons (Fsp3) is 0.500. The van der Waals surface area contributed by atoms with Crippen molar-refractivity contribution in [2.75, 3.05) is 13.1 Å². The number of hydrogen-bond acceptors (Lipinski definition) is 5. The molecule has 0 aliphatic carbocycles. The van der Waals surface area contributed by atoms with Gasteiger partial charge in [0.05, 0.1) is 17.1 Å². The number of nitrogens with zero attached hydrogens (tertiary/aromatic N) is 3. The Morgan fingerprint density at radius 1 is 1.25 bits per heavy atom. The number of aryl methyl sites for hydroxylation is 1. The maximum absolute atomic E-state index is 12.4. The molecule has 1 aromatic heterocycles. The Morgan fingerprint density at radius 2 is 2.04 bits per heavy atom. The van der Waals surface area contributed by atoms with Crippen LogP contribution in [0.1, 0.15) is 52.2 Å². The van der Waals surface area contributed by atoms with Crippen LogP contribution in [0.2, 0.25) is 0 Å². The van der Waals surface area contributed by atoms with Gasteiger partial charge in [-0.1, -0.05) is 29.5 Å². The average Bonchev–Trinajstić information content (AvgIpc) is 2.83. The van der Waals surface area contributed by atoms with Gasteiger partial charge in [0.2, 0.25) is 0 Å². The van der Waals surface area contributed by atoms with Crippen molar-refractivity contribution in [2.45, 2.75) is 45.7 Å². The Morgan fingerprint density at radius 3 is 2.75 bits per heavy atom. The van der Waals surface area contributed by atoms with Gasteiger partial charge in [0, 0.05) is 12.1 Å². The molecule has 0 spiro atoms. The van der Waals surface area contributed by atoms with Gasteiger partial charge in [-0.3, -0.25) is 9.69 Å². The van der Waals surface area contributed by atoms with Crippen molar-refractivity contribution < 1.29 is 4.79 Å². The molecule has 0 bridgehead atoms. The van der Waals surface area contributed by atoms with Crippen molar-refractivity contribution in [3.63, 3.8) is 0 Å². The number of nitrogens with one attached hydrogen (secondary N) is 1. The first-order valence-corrected chi connectivity index (χ1v) is 9.37. The van der Waals surface area contributed by atoms with E-state index in [1.54, 1.807) is 0 Å². The molecule has 1 aliphatic heterocycles. The zero-order valence-corrected chi connectivity index (χ0v) is 14.9. The Kier molecular flexibility index (Phi) is 5.93. The summed E-state index contributed by atoms with van der Waals surface area (Å²) in [5, 5.41) is 6.93. The molecule has 0 radical (unpaired) electrons. The van der Waals surface area contributed by atoms with Crippen LogP contribution in [-0.2, 0) is 13.1 Å². The van der Waals surface area contributed by atoms with Crippen molar-refractivity contribution in [2.24, 2.45) is 0 Å². The second-order valence-electron chi connectivity index (χ2n) is 6.35. The van der Waals surface area contributed by atoms with Crippen molar-refractivity contribution in [1.82, 2.24) is 19.8 Å². The molecule has 128 valence electrons. The molecule has 1 amide bonds. The Bertz CT molecular complexity index is 677. The summed E-state index contributed by atoms with van der Waals surface area (Å²) < 4.78 is 3.89. The lowest BCUT2D eigenvalue weighted by Gasteiger charge is -2.20. The summed E-state index contributed by atoms with van der Waals surface area (Å²) in [6.45, 7) is 5.65. The van der Waals surface area contributed by atoms with Crippen LogP contribution >= 0.6 is 11.5 Å². The Hall–Kier alpha value is -1.79. The SMILES string of the molecule is Cc1nnsc1CNC(=O)c1cccc(CN2CCCCCC2)c1. The van der Waals surface area contributed by atoms with Gasteiger partial charge in [0.15, 0.2) is 0 Å². The zero-order chi connectivity index (χ0) is 16.8. The smallest absolute Gasteiger partial charge is 0.251 e. The quantitative estimate of drug-likeness (QED) is 0.905. The van der Waals surface area contributed by atoms with E-state index in [4.69, 9.17) is 0 Å². The molecule has 1 fully saturated rings. The van der Waals surface area contributed by atoms with E-state index >= 15 is 0 Å². The second kappa shape index (κ2) is 8.35. The number of rotatable bonds is 5. The molecule has 1 N–H and O–H groups in total. The standard InChI is InChI=1S/C18H24N4OS/c1-14-17(24-21-20-14)12-19-18(23)16-8-6-7-15(11-16)13-22-9-4-2-3-5-10-22/h6-8,11H,2-5,9-10,12-13H2,1H3,(H,19,23). The lowest BCUT2D eigenvalue weighted by molar-refractivity contribution is 0.0951. The van der Waals surface area contributed by atoms with Crippen molar-refractivity contribution >= 4 is 17.4 Å². The third-order valence-corrected chi connectivity index (χ3v) is 5.27. The average molecular weight is 344 g/mol. The molecule has 0 unspecified atom stereocenters. The van der Waals surface area contributed by atoms with Crippen molar-refractivity contribution in [1.29, 1.82) is 0 Å². The van der Waals surface area contributed by atoms with Gasteiger partial charge in [-0.15, -0.1) is 5.10 Å². The van der Waals surface area contributed by atoms with Gasteiger partial charge in [0.1, 0.15) is 0 Å². The summed E-state index contributed by atoms with van der Waals surface area (Å²) in [4.78, 5) is 15.9. The number of benzene rings is 1. The molecule has 0 saturated carbocycles. The zero-order valence-electron chi connectivity index (χ0n) is 14.1. The summed E-state index contributed by atoms with van der Waals surface area (Å²) in [6.07, 6.45) is 5.24. The van der Waals surface area contributed by atoms with Crippen LogP contribution in [0.3, 0.4) is 0 Å². The van der Waals surface area contributed by atoms with Crippen molar-refractivity contribution in [3.8, 4) is 0 Å². The van der Waals surface area contributed by atoms with Crippen LogP contribution in [0.5, 0.6) is 0 Å². The minimum absolute atomic E-state index is 0.0412. The molecule has 6 heteroatoms. The molecule has 24 heavy (non-hydrogen) atoms. The molecule has 2 aromatic rings. The van der Waals surface area contributed by atoms with E-state index < -0.39 is 0 Å². The van der Waals surface area contributed by atoms with E-state index in [2.05, 4.69) is 25.9 Å². The first kappa shape index (κ1) is 17.0. The van der Waals surface area contributed by atoms with Gasteiger partial charge in [-0.25, -0.2) is 0 Å².